The minimum absolute atomic E-state index is 0.0190. The van der Waals surface area contributed by atoms with E-state index in [1.807, 2.05) is 86.6 Å². The van der Waals surface area contributed by atoms with E-state index >= 15 is 0 Å². The van der Waals surface area contributed by atoms with Gasteiger partial charge in [-0.25, -0.2) is 0 Å². The minimum Gasteiger partial charge on any atom is -0.352 e. The van der Waals surface area contributed by atoms with Gasteiger partial charge in [0, 0.05) is 29.8 Å². The van der Waals surface area contributed by atoms with Crippen LogP contribution in [0.25, 0.3) is 0 Å². The summed E-state index contributed by atoms with van der Waals surface area (Å²) in [6.45, 7) is 4.28. The lowest BCUT2D eigenvalue weighted by Gasteiger charge is -2.32. The van der Waals surface area contributed by atoms with Gasteiger partial charge in [0.1, 0.15) is 6.04 Å². The summed E-state index contributed by atoms with van der Waals surface area (Å²) in [5.74, 6) is 0.790. The molecule has 3 aromatic carbocycles. The number of hydrogen-bond acceptors (Lipinski definition) is 3. The molecule has 0 unspecified atom stereocenters. The molecule has 0 fully saturated rings. The molecule has 4 nitrogen and oxygen atoms in total. The van der Waals surface area contributed by atoms with Gasteiger partial charge in [-0.2, -0.15) is 0 Å². The number of amides is 2. The Hall–Kier alpha value is -2.76. The lowest BCUT2D eigenvalue weighted by atomic mass is 10.0. The zero-order valence-corrected chi connectivity index (χ0v) is 21.9. The Morgan fingerprint density at radius 3 is 2.14 bits per heavy atom. The molecule has 2 atom stereocenters. The molecular weight excluding hydrogens is 476 g/mol. The average Bonchev–Trinajstić information content (AvgIpc) is 2.88. The number of carbonyl (C=O) groups is 2. The fourth-order valence-electron chi connectivity index (χ4n) is 3.72. The van der Waals surface area contributed by atoms with Crippen LogP contribution in [-0.4, -0.2) is 34.6 Å². The van der Waals surface area contributed by atoms with Crippen molar-refractivity contribution in [3.8, 4) is 0 Å². The number of hydrogen-bond donors (Lipinski definition) is 1. The molecule has 3 rings (SSSR count). The van der Waals surface area contributed by atoms with Crippen LogP contribution in [0.15, 0.2) is 84.9 Å². The number of rotatable bonds is 12. The summed E-state index contributed by atoms with van der Waals surface area (Å²) >= 11 is 8.02. The van der Waals surface area contributed by atoms with Crippen molar-refractivity contribution in [2.45, 2.75) is 51.1 Å². The number of carbonyl (C=O) groups excluding carboxylic acids is 2. The highest BCUT2D eigenvalue weighted by Gasteiger charge is 2.31. The number of benzene rings is 3. The van der Waals surface area contributed by atoms with E-state index < -0.39 is 6.04 Å². The molecule has 0 bridgehead atoms. The third-order valence-electron chi connectivity index (χ3n) is 5.91. The molecule has 1 N–H and O–H groups in total. The number of nitrogens with one attached hydrogen (secondary N) is 1. The second-order valence-corrected chi connectivity index (χ2v) is 10.0. The van der Waals surface area contributed by atoms with Gasteiger partial charge in [0.25, 0.3) is 0 Å². The molecule has 0 aliphatic heterocycles. The molecule has 184 valence electrons. The van der Waals surface area contributed by atoms with Crippen LogP contribution in [0.5, 0.6) is 0 Å². The highest BCUT2D eigenvalue weighted by molar-refractivity contribution is 7.99. The minimum atomic E-state index is -0.646. The lowest BCUT2D eigenvalue weighted by Crippen LogP contribution is -2.52. The Bertz CT molecular complexity index is 1080. The Morgan fingerprint density at radius 1 is 0.914 bits per heavy atom. The molecule has 0 radical (unpaired) electrons. The first-order valence-electron chi connectivity index (χ1n) is 12.0. The fraction of sp³-hybridized carbons (Fsp3) is 0.310. The largest absolute Gasteiger partial charge is 0.352 e. The van der Waals surface area contributed by atoms with E-state index in [0.717, 1.165) is 23.3 Å². The van der Waals surface area contributed by atoms with Crippen molar-refractivity contribution in [3.05, 3.63) is 107 Å². The van der Waals surface area contributed by atoms with Gasteiger partial charge in [0.2, 0.25) is 11.8 Å². The number of thioether (sulfide) groups is 1. The first-order valence-corrected chi connectivity index (χ1v) is 13.5. The molecule has 0 aliphatic rings. The van der Waals surface area contributed by atoms with Crippen molar-refractivity contribution < 1.29 is 9.59 Å². The van der Waals surface area contributed by atoms with Crippen molar-refractivity contribution in [3.63, 3.8) is 0 Å². The second-order valence-electron chi connectivity index (χ2n) is 8.61. The maximum absolute atomic E-state index is 13.6. The van der Waals surface area contributed by atoms with Gasteiger partial charge in [-0.1, -0.05) is 97.4 Å². The quantitative estimate of drug-likeness (QED) is 0.320. The summed E-state index contributed by atoms with van der Waals surface area (Å²) < 4.78 is 0. The molecule has 3 aromatic rings. The van der Waals surface area contributed by atoms with E-state index in [2.05, 4.69) is 17.4 Å². The monoisotopic (exact) mass is 508 g/mol. The summed E-state index contributed by atoms with van der Waals surface area (Å²) in [6, 6.07) is 26.8. The van der Waals surface area contributed by atoms with E-state index in [-0.39, 0.29) is 30.2 Å². The molecule has 35 heavy (non-hydrogen) atoms. The SMILES string of the molecule is CC[C@H](C)NC(=O)[C@H](Cc1ccccc1)N(Cc1ccccc1Cl)C(=O)CSCc1ccccc1. The van der Waals surface area contributed by atoms with Gasteiger partial charge in [-0.3, -0.25) is 9.59 Å². The van der Waals surface area contributed by atoms with Crippen LogP contribution in [0.3, 0.4) is 0 Å². The third kappa shape index (κ3) is 8.44. The van der Waals surface area contributed by atoms with Gasteiger partial charge >= 0.3 is 0 Å². The van der Waals surface area contributed by atoms with Crippen molar-refractivity contribution >= 4 is 35.2 Å². The summed E-state index contributed by atoms with van der Waals surface area (Å²) in [7, 11) is 0. The summed E-state index contributed by atoms with van der Waals surface area (Å²) in [5.41, 5.74) is 2.99. The van der Waals surface area contributed by atoms with E-state index in [0.29, 0.717) is 11.4 Å². The van der Waals surface area contributed by atoms with E-state index in [1.165, 1.54) is 5.56 Å². The van der Waals surface area contributed by atoms with Gasteiger partial charge < -0.3 is 10.2 Å². The van der Waals surface area contributed by atoms with Crippen LogP contribution in [0.4, 0.5) is 0 Å². The standard InChI is InChI=1S/C29H33ClN2O2S/c1-3-22(2)31-29(34)27(18-23-12-6-4-7-13-23)32(19-25-16-10-11-17-26(25)30)28(33)21-35-20-24-14-8-5-9-15-24/h4-17,22,27H,3,18-21H2,1-2H3,(H,31,34)/t22-,27-/m0/s1. The van der Waals surface area contributed by atoms with Crippen molar-refractivity contribution in [1.82, 2.24) is 10.2 Å². The van der Waals surface area contributed by atoms with Crippen molar-refractivity contribution in [1.29, 1.82) is 0 Å². The molecule has 0 saturated carbocycles. The zero-order valence-electron chi connectivity index (χ0n) is 20.3. The summed E-state index contributed by atoms with van der Waals surface area (Å²) in [6.07, 6.45) is 1.25. The number of halogens is 1. The first kappa shape index (κ1) is 26.8. The third-order valence-corrected chi connectivity index (χ3v) is 7.27. The highest BCUT2D eigenvalue weighted by Crippen LogP contribution is 2.22. The first-order chi connectivity index (χ1) is 17.0. The Balaban J connectivity index is 1.87. The van der Waals surface area contributed by atoms with Crippen molar-refractivity contribution in [2.24, 2.45) is 0 Å². The number of nitrogens with zero attached hydrogens (tertiary/aromatic N) is 1. The smallest absolute Gasteiger partial charge is 0.243 e. The lowest BCUT2D eigenvalue weighted by molar-refractivity contribution is -0.139. The van der Waals surface area contributed by atoms with Gasteiger partial charge in [-0.15, -0.1) is 11.8 Å². The average molecular weight is 509 g/mol. The van der Waals surface area contributed by atoms with Gasteiger partial charge in [0.15, 0.2) is 0 Å². The van der Waals surface area contributed by atoms with E-state index in [9.17, 15) is 9.59 Å². The Morgan fingerprint density at radius 2 is 1.51 bits per heavy atom. The molecule has 0 aromatic heterocycles. The van der Waals surface area contributed by atoms with E-state index in [1.54, 1.807) is 16.7 Å². The zero-order chi connectivity index (χ0) is 25.0. The van der Waals surface area contributed by atoms with Crippen LogP contribution < -0.4 is 5.32 Å². The molecular formula is C29H33ClN2O2S. The molecule has 0 heterocycles. The molecule has 0 saturated heterocycles. The molecule has 0 spiro atoms. The topological polar surface area (TPSA) is 49.4 Å². The highest BCUT2D eigenvalue weighted by atomic mass is 35.5. The fourth-order valence-corrected chi connectivity index (χ4v) is 4.78. The predicted octanol–water partition coefficient (Wildman–Crippen LogP) is 6.13. The second kappa shape index (κ2) is 14.0. The Kier molecular flexibility index (Phi) is 10.7. The predicted molar refractivity (Wildman–Crippen MR) is 146 cm³/mol. The van der Waals surface area contributed by atoms with Crippen LogP contribution in [0, 0.1) is 0 Å². The maximum atomic E-state index is 13.6. The van der Waals surface area contributed by atoms with Gasteiger partial charge in [0.05, 0.1) is 5.75 Å². The van der Waals surface area contributed by atoms with Crippen LogP contribution in [0.2, 0.25) is 5.02 Å². The van der Waals surface area contributed by atoms with Crippen LogP contribution >= 0.6 is 23.4 Å². The van der Waals surface area contributed by atoms with Crippen molar-refractivity contribution in [2.75, 3.05) is 5.75 Å². The maximum Gasteiger partial charge on any atom is 0.243 e. The Labute approximate surface area is 218 Å². The summed E-state index contributed by atoms with van der Waals surface area (Å²) in [4.78, 5) is 28.8. The normalized spacial score (nSPS) is 12.5. The van der Waals surface area contributed by atoms with Crippen LogP contribution in [-0.2, 0) is 28.3 Å². The molecule has 2 amide bonds. The molecule has 0 aliphatic carbocycles. The molecule has 6 heteroatoms. The van der Waals surface area contributed by atoms with Gasteiger partial charge in [-0.05, 0) is 36.1 Å². The van der Waals surface area contributed by atoms with Crippen LogP contribution in [0.1, 0.15) is 37.0 Å². The summed E-state index contributed by atoms with van der Waals surface area (Å²) in [5, 5.41) is 3.68. The van der Waals surface area contributed by atoms with E-state index in [4.69, 9.17) is 11.6 Å².